The lowest BCUT2D eigenvalue weighted by molar-refractivity contribution is 0.552. The number of fused-ring (bicyclic) bond motifs is 1. The van der Waals surface area contributed by atoms with Crippen molar-refractivity contribution in [1.29, 1.82) is 0 Å². The number of hydrogen-bond donors (Lipinski definition) is 2. The van der Waals surface area contributed by atoms with Gasteiger partial charge in [-0.1, -0.05) is 35.9 Å². The second kappa shape index (κ2) is 5.33. The van der Waals surface area contributed by atoms with Crippen molar-refractivity contribution in [1.82, 2.24) is 4.72 Å². The highest BCUT2D eigenvalue weighted by molar-refractivity contribution is 7.89. The lowest BCUT2D eigenvalue weighted by atomic mass is 9.78. The zero-order valence-corrected chi connectivity index (χ0v) is 12.8. The molecule has 0 aliphatic heterocycles. The van der Waals surface area contributed by atoms with Crippen molar-refractivity contribution in [2.75, 3.05) is 12.3 Å². The predicted octanol–water partition coefficient (Wildman–Crippen LogP) is 2.54. The molecule has 1 aliphatic carbocycles. The number of sulfonamides is 1. The SMILES string of the molecule is Nc1ccc(Cl)cc1S(=O)(=O)NCC1Cc2ccccc21. The van der Waals surface area contributed by atoms with Crippen molar-refractivity contribution in [3.05, 3.63) is 58.6 Å². The molecule has 0 spiro atoms. The lowest BCUT2D eigenvalue weighted by Crippen LogP contribution is -2.33. The third kappa shape index (κ3) is 2.77. The van der Waals surface area contributed by atoms with E-state index in [1.807, 2.05) is 18.2 Å². The Morgan fingerprint density at radius 2 is 2.00 bits per heavy atom. The van der Waals surface area contributed by atoms with Gasteiger partial charge in [0.25, 0.3) is 0 Å². The van der Waals surface area contributed by atoms with Gasteiger partial charge >= 0.3 is 0 Å². The maximum absolute atomic E-state index is 12.3. The van der Waals surface area contributed by atoms with Crippen LogP contribution in [0.2, 0.25) is 5.02 Å². The van der Waals surface area contributed by atoms with E-state index in [4.69, 9.17) is 17.3 Å². The largest absolute Gasteiger partial charge is 0.398 e. The van der Waals surface area contributed by atoms with Crippen LogP contribution in [0.5, 0.6) is 0 Å². The average Bonchev–Trinajstić information content (AvgIpc) is 2.42. The first kappa shape index (κ1) is 14.4. The molecule has 2 aromatic rings. The topological polar surface area (TPSA) is 72.2 Å². The van der Waals surface area contributed by atoms with Crippen molar-refractivity contribution < 1.29 is 8.42 Å². The molecule has 3 N–H and O–H groups in total. The molecule has 0 saturated heterocycles. The van der Waals surface area contributed by atoms with Crippen LogP contribution in [0.15, 0.2) is 47.4 Å². The third-order valence-corrected chi connectivity index (χ3v) is 5.46. The number of hydrogen-bond acceptors (Lipinski definition) is 3. The molecule has 3 rings (SSSR count). The van der Waals surface area contributed by atoms with Crippen LogP contribution in [-0.4, -0.2) is 15.0 Å². The fraction of sp³-hybridized carbons (Fsp3) is 0.200. The van der Waals surface area contributed by atoms with E-state index in [1.165, 1.54) is 23.3 Å². The molecule has 110 valence electrons. The number of benzene rings is 2. The molecule has 0 aromatic heterocycles. The molecule has 1 atom stereocenters. The molecule has 0 amide bonds. The Kier molecular flexibility index (Phi) is 3.65. The molecule has 6 heteroatoms. The van der Waals surface area contributed by atoms with Crippen molar-refractivity contribution >= 4 is 27.3 Å². The van der Waals surface area contributed by atoms with E-state index in [9.17, 15) is 8.42 Å². The summed E-state index contributed by atoms with van der Waals surface area (Å²) in [6.07, 6.45) is 0.893. The highest BCUT2D eigenvalue weighted by Gasteiger charge is 2.27. The van der Waals surface area contributed by atoms with Gasteiger partial charge in [0, 0.05) is 17.5 Å². The van der Waals surface area contributed by atoms with E-state index in [-0.39, 0.29) is 16.5 Å². The molecule has 0 bridgehead atoms. The second-order valence-corrected chi connectivity index (χ2v) is 7.31. The summed E-state index contributed by atoms with van der Waals surface area (Å²) in [7, 11) is -3.65. The van der Waals surface area contributed by atoms with Crippen LogP contribution in [0.4, 0.5) is 5.69 Å². The molecular weight excluding hydrogens is 308 g/mol. The minimum absolute atomic E-state index is 0.0302. The van der Waals surface area contributed by atoms with Gasteiger partial charge in [-0.2, -0.15) is 0 Å². The third-order valence-electron chi connectivity index (χ3n) is 3.75. The summed E-state index contributed by atoms with van der Waals surface area (Å²) >= 11 is 5.84. The van der Waals surface area contributed by atoms with E-state index in [1.54, 1.807) is 6.07 Å². The highest BCUT2D eigenvalue weighted by atomic mass is 35.5. The fourth-order valence-corrected chi connectivity index (χ4v) is 4.05. The van der Waals surface area contributed by atoms with Crippen LogP contribution in [0.25, 0.3) is 0 Å². The summed E-state index contributed by atoms with van der Waals surface area (Å²) in [5.41, 5.74) is 8.41. The average molecular weight is 323 g/mol. The van der Waals surface area contributed by atoms with E-state index in [0.29, 0.717) is 11.6 Å². The summed E-state index contributed by atoms with van der Waals surface area (Å²) < 4.78 is 27.2. The van der Waals surface area contributed by atoms with Crippen molar-refractivity contribution in [3.8, 4) is 0 Å². The molecule has 4 nitrogen and oxygen atoms in total. The Bertz CT molecular complexity index is 790. The first-order valence-electron chi connectivity index (χ1n) is 6.60. The molecular formula is C15H15ClN2O2S. The molecule has 0 radical (unpaired) electrons. The van der Waals surface area contributed by atoms with Gasteiger partial charge in [-0.05, 0) is 35.7 Å². The van der Waals surface area contributed by atoms with Crippen LogP contribution in [0.1, 0.15) is 17.0 Å². The minimum atomic E-state index is -3.65. The van der Waals surface area contributed by atoms with Gasteiger partial charge < -0.3 is 5.73 Å². The summed E-state index contributed by atoms with van der Waals surface area (Å²) in [6, 6.07) is 12.5. The molecule has 0 saturated carbocycles. The number of rotatable bonds is 4. The van der Waals surface area contributed by atoms with Crippen molar-refractivity contribution in [2.45, 2.75) is 17.2 Å². The van der Waals surface area contributed by atoms with Crippen molar-refractivity contribution in [2.24, 2.45) is 0 Å². The number of nitrogens with two attached hydrogens (primary N) is 1. The predicted molar refractivity (Wildman–Crippen MR) is 83.9 cm³/mol. The second-order valence-electron chi connectivity index (χ2n) is 5.13. The molecule has 21 heavy (non-hydrogen) atoms. The monoisotopic (exact) mass is 322 g/mol. The summed E-state index contributed by atoms with van der Waals surface area (Å²) in [5, 5.41) is 0.346. The van der Waals surface area contributed by atoms with Crippen LogP contribution in [-0.2, 0) is 16.4 Å². The van der Waals surface area contributed by atoms with Gasteiger partial charge in [0.2, 0.25) is 10.0 Å². The Morgan fingerprint density at radius 3 is 2.76 bits per heavy atom. The molecule has 2 aromatic carbocycles. The van der Waals surface area contributed by atoms with Gasteiger partial charge in [-0.15, -0.1) is 0 Å². The zero-order chi connectivity index (χ0) is 15.0. The lowest BCUT2D eigenvalue weighted by Gasteiger charge is -2.30. The maximum Gasteiger partial charge on any atom is 0.242 e. The zero-order valence-electron chi connectivity index (χ0n) is 11.2. The van der Waals surface area contributed by atoms with Crippen LogP contribution >= 0.6 is 11.6 Å². The number of nitrogens with one attached hydrogen (secondary N) is 1. The van der Waals surface area contributed by atoms with Gasteiger partial charge in [-0.25, -0.2) is 13.1 Å². The van der Waals surface area contributed by atoms with E-state index < -0.39 is 10.0 Å². The highest BCUT2D eigenvalue weighted by Crippen LogP contribution is 2.34. The van der Waals surface area contributed by atoms with Crippen LogP contribution < -0.4 is 10.5 Å². The Hall–Kier alpha value is -1.56. The van der Waals surface area contributed by atoms with E-state index in [0.717, 1.165) is 6.42 Å². The number of nitrogen functional groups attached to an aromatic ring is 1. The van der Waals surface area contributed by atoms with Crippen molar-refractivity contribution in [3.63, 3.8) is 0 Å². The Labute approximate surface area is 129 Å². The van der Waals surface area contributed by atoms with Gasteiger partial charge in [0.1, 0.15) is 4.90 Å². The standard InChI is InChI=1S/C15H15ClN2O2S/c16-12-5-6-14(17)15(8-12)21(19,20)18-9-11-7-10-3-1-2-4-13(10)11/h1-6,8,11,18H,7,9,17H2. The quantitative estimate of drug-likeness (QED) is 0.850. The van der Waals surface area contributed by atoms with Gasteiger partial charge in [-0.3, -0.25) is 0 Å². The number of anilines is 1. The van der Waals surface area contributed by atoms with E-state index >= 15 is 0 Å². The molecule has 1 aliphatic rings. The molecule has 1 unspecified atom stereocenters. The number of halogens is 1. The molecule has 0 fully saturated rings. The maximum atomic E-state index is 12.3. The van der Waals surface area contributed by atoms with Crippen LogP contribution in [0, 0.1) is 0 Å². The summed E-state index contributed by atoms with van der Waals surface area (Å²) in [5.74, 6) is 0.219. The Balaban J connectivity index is 1.75. The first-order valence-corrected chi connectivity index (χ1v) is 8.46. The van der Waals surface area contributed by atoms with Gasteiger partial charge in [0.05, 0.1) is 5.69 Å². The van der Waals surface area contributed by atoms with Gasteiger partial charge in [0.15, 0.2) is 0 Å². The summed E-state index contributed by atoms with van der Waals surface area (Å²) in [6.45, 7) is 0.366. The van der Waals surface area contributed by atoms with E-state index in [2.05, 4.69) is 10.8 Å². The minimum Gasteiger partial charge on any atom is -0.398 e. The summed E-state index contributed by atoms with van der Waals surface area (Å²) in [4.78, 5) is 0.0302. The smallest absolute Gasteiger partial charge is 0.242 e. The van der Waals surface area contributed by atoms with Crippen LogP contribution in [0.3, 0.4) is 0 Å². The first-order chi connectivity index (χ1) is 9.97. The Morgan fingerprint density at radius 1 is 1.24 bits per heavy atom. The normalized spacial score (nSPS) is 17.1. The molecule has 0 heterocycles. The fourth-order valence-electron chi connectivity index (χ4n) is 2.57.